The van der Waals surface area contributed by atoms with Crippen LogP contribution in [0.2, 0.25) is 0 Å². The molecular weight excluding hydrogens is 439 g/mol. The zero-order chi connectivity index (χ0) is 16.2. The van der Waals surface area contributed by atoms with Gasteiger partial charge < -0.3 is 15.0 Å². The molecule has 1 N–H and O–H groups in total. The number of aromatic nitrogens is 3. The number of guanidine groups is 1. The van der Waals surface area contributed by atoms with E-state index in [9.17, 15) is 0 Å². The number of ether oxygens (including phenoxy) is 1. The van der Waals surface area contributed by atoms with Crippen molar-refractivity contribution >= 4 is 41.3 Å². The highest BCUT2D eigenvalue weighted by molar-refractivity contribution is 14.0. The van der Waals surface area contributed by atoms with Crippen LogP contribution in [-0.4, -0.2) is 52.4 Å². The van der Waals surface area contributed by atoms with Crippen molar-refractivity contribution in [2.24, 2.45) is 12.0 Å². The van der Waals surface area contributed by atoms with Gasteiger partial charge in [-0.1, -0.05) is 0 Å². The quantitative estimate of drug-likeness (QED) is 0.429. The minimum Gasteiger partial charge on any atom is -0.370 e. The Hall–Kier alpha value is -1.20. The maximum atomic E-state index is 5.88. The second kappa shape index (κ2) is 8.77. The molecule has 3 rings (SSSR count). The van der Waals surface area contributed by atoms with Crippen molar-refractivity contribution in [2.45, 2.75) is 19.6 Å². The standard InChI is InChI=1S/C15H22N6OS.HI/c1-11-6-17-14(23-11)8-18-15(16-2)21-4-5-22-13(10-21)12-7-19-20(3)9-12;/h6-7,9,13H,4-5,8,10H2,1-3H3,(H,16,18);1H. The Balaban J connectivity index is 0.00000208. The normalized spacial score (nSPS) is 18.4. The van der Waals surface area contributed by atoms with Gasteiger partial charge in [-0.05, 0) is 6.92 Å². The Morgan fingerprint density at radius 2 is 2.33 bits per heavy atom. The lowest BCUT2D eigenvalue weighted by molar-refractivity contribution is -0.00805. The maximum Gasteiger partial charge on any atom is 0.194 e. The van der Waals surface area contributed by atoms with E-state index in [1.807, 2.05) is 32.7 Å². The summed E-state index contributed by atoms with van der Waals surface area (Å²) in [6.45, 7) is 5.03. The lowest BCUT2D eigenvalue weighted by atomic mass is 10.1. The van der Waals surface area contributed by atoms with Crippen LogP contribution in [0.1, 0.15) is 21.6 Å². The summed E-state index contributed by atoms with van der Waals surface area (Å²) in [6.07, 6.45) is 5.79. The minimum absolute atomic E-state index is 0. The van der Waals surface area contributed by atoms with Crippen molar-refractivity contribution in [2.75, 3.05) is 26.7 Å². The number of nitrogens with one attached hydrogen (secondary N) is 1. The molecule has 0 bridgehead atoms. The van der Waals surface area contributed by atoms with Gasteiger partial charge in [-0.3, -0.25) is 9.67 Å². The predicted octanol–water partition coefficient (Wildman–Crippen LogP) is 1.95. The van der Waals surface area contributed by atoms with E-state index in [2.05, 4.69) is 32.2 Å². The first-order valence-electron chi connectivity index (χ1n) is 7.62. The van der Waals surface area contributed by atoms with Gasteiger partial charge in [0.25, 0.3) is 0 Å². The van der Waals surface area contributed by atoms with E-state index in [0.29, 0.717) is 13.2 Å². The number of aliphatic imine (C=N–C) groups is 1. The molecule has 0 spiro atoms. The van der Waals surface area contributed by atoms with Gasteiger partial charge >= 0.3 is 0 Å². The predicted molar refractivity (Wildman–Crippen MR) is 106 cm³/mol. The van der Waals surface area contributed by atoms with Crippen molar-refractivity contribution in [1.82, 2.24) is 25.0 Å². The van der Waals surface area contributed by atoms with Gasteiger partial charge in [-0.15, -0.1) is 35.3 Å². The SMILES string of the molecule is CN=C(NCc1ncc(C)s1)N1CCOC(c2cnn(C)c2)C1.I. The van der Waals surface area contributed by atoms with Crippen LogP contribution >= 0.6 is 35.3 Å². The monoisotopic (exact) mass is 462 g/mol. The molecule has 1 unspecified atom stereocenters. The van der Waals surface area contributed by atoms with Crippen LogP contribution in [0.25, 0.3) is 0 Å². The van der Waals surface area contributed by atoms with Crippen LogP contribution in [0.4, 0.5) is 0 Å². The first-order chi connectivity index (χ1) is 11.2. The second-order valence-corrected chi connectivity index (χ2v) is 6.84. The van der Waals surface area contributed by atoms with Gasteiger partial charge in [0.15, 0.2) is 5.96 Å². The first kappa shape index (κ1) is 19.1. The molecule has 1 saturated heterocycles. The average Bonchev–Trinajstić information content (AvgIpc) is 3.17. The summed E-state index contributed by atoms with van der Waals surface area (Å²) in [4.78, 5) is 12.2. The molecule has 0 saturated carbocycles. The van der Waals surface area contributed by atoms with Gasteiger partial charge in [0.05, 0.1) is 25.9 Å². The lowest BCUT2D eigenvalue weighted by Gasteiger charge is -2.34. The summed E-state index contributed by atoms with van der Waals surface area (Å²) in [7, 11) is 3.73. The van der Waals surface area contributed by atoms with E-state index in [1.165, 1.54) is 4.88 Å². The molecule has 0 aromatic carbocycles. The molecule has 1 aliphatic heterocycles. The number of hydrogen-bond acceptors (Lipinski definition) is 5. The van der Waals surface area contributed by atoms with Crippen molar-refractivity contribution in [3.8, 4) is 0 Å². The first-order valence-corrected chi connectivity index (χ1v) is 8.44. The summed E-state index contributed by atoms with van der Waals surface area (Å²) >= 11 is 1.70. The molecule has 2 aromatic rings. The molecule has 9 heteroatoms. The van der Waals surface area contributed by atoms with E-state index in [1.54, 1.807) is 16.0 Å². The Morgan fingerprint density at radius 3 is 2.96 bits per heavy atom. The van der Waals surface area contributed by atoms with Crippen molar-refractivity contribution < 1.29 is 4.74 Å². The van der Waals surface area contributed by atoms with Crippen LogP contribution in [0.15, 0.2) is 23.6 Å². The molecule has 1 aliphatic rings. The van der Waals surface area contributed by atoms with Crippen LogP contribution in [0.5, 0.6) is 0 Å². The van der Waals surface area contributed by atoms with E-state index < -0.39 is 0 Å². The molecule has 1 atom stereocenters. The van der Waals surface area contributed by atoms with E-state index in [-0.39, 0.29) is 30.1 Å². The van der Waals surface area contributed by atoms with Gasteiger partial charge in [0, 0.05) is 43.5 Å². The molecule has 3 heterocycles. The Morgan fingerprint density at radius 1 is 1.50 bits per heavy atom. The maximum absolute atomic E-state index is 5.88. The van der Waals surface area contributed by atoms with E-state index in [0.717, 1.165) is 29.6 Å². The fourth-order valence-corrected chi connectivity index (χ4v) is 3.35. The average molecular weight is 462 g/mol. The molecular formula is C15H23IN6OS. The van der Waals surface area contributed by atoms with Crippen molar-refractivity contribution in [1.29, 1.82) is 0 Å². The van der Waals surface area contributed by atoms with Crippen LogP contribution in [-0.2, 0) is 18.3 Å². The molecule has 24 heavy (non-hydrogen) atoms. The molecule has 0 amide bonds. The highest BCUT2D eigenvalue weighted by Crippen LogP contribution is 2.21. The zero-order valence-electron chi connectivity index (χ0n) is 14.1. The third-order valence-electron chi connectivity index (χ3n) is 3.74. The van der Waals surface area contributed by atoms with Crippen molar-refractivity contribution in [3.05, 3.63) is 34.0 Å². The Kier molecular flexibility index (Phi) is 6.99. The number of rotatable bonds is 3. The number of nitrogens with zero attached hydrogens (tertiary/aromatic N) is 5. The minimum atomic E-state index is 0. The largest absolute Gasteiger partial charge is 0.370 e. The number of halogens is 1. The molecule has 2 aromatic heterocycles. The third kappa shape index (κ3) is 4.67. The zero-order valence-corrected chi connectivity index (χ0v) is 17.2. The van der Waals surface area contributed by atoms with Gasteiger partial charge in [0.2, 0.25) is 0 Å². The second-order valence-electron chi connectivity index (χ2n) is 5.52. The molecule has 132 valence electrons. The summed E-state index contributed by atoms with van der Waals surface area (Å²) in [5.41, 5.74) is 1.10. The van der Waals surface area contributed by atoms with Crippen molar-refractivity contribution in [3.63, 3.8) is 0 Å². The highest BCUT2D eigenvalue weighted by atomic mass is 127. The summed E-state index contributed by atoms with van der Waals surface area (Å²) in [5.74, 6) is 0.884. The summed E-state index contributed by atoms with van der Waals surface area (Å²) < 4.78 is 7.68. The van der Waals surface area contributed by atoms with Crippen LogP contribution in [0, 0.1) is 6.92 Å². The number of hydrogen-bond donors (Lipinski definition) is 1. The van der Waals surface area contributed by atoms with Gasteiger partial charge in [-0.2, -0.15) is 5.10 Å². The number of thiazole rings is 1. The molecule has 1 fully saturated rings. The Labute approximate surface area is 163 Å². The van der Waals surface area contributed by atoms with E-state index >= 15 is 0 Å². The molecule has 7 nitrogen and oxygen atoms in total. The highest BCUT2D eigenvalue weighted by Gasteiger charge is 2.25. The molecule has 0 radical (unpaired) electrons. The Bertz CT molecular complexity index is 685. The molecule has 0 aliphatic carbocycles. The smallest absolute Gasteiger partial charge is 0.194 e. The van der Waals surface area contributed by atoms with E-state index in [4.69, 9.17) is 4.74 Å². The van der Waals surface area contributed by atoms with Gasteiger partial charge in [-0.25, -0.2) is 4.98 Å². The summed E-state index contributed by atoms with van der Waals surface area (Å²) in [6, 6.07) is 0. The third-order valence-corrected chi connectivity index (χ3v) is 4.65. The van der Waals surface area contributed by atoms with Crippen LogP contribution in [0.3, 0.4) is 0 Å². The fraction of sp³-hybridized carbons (Fsp3) is 0.533. The van der Waals surface area contributed by atoms with Gasteiger partial charge in [0.1, 0.15) is 11.1 Å². The summed E-state index contributed by atoms with van der Waals surface area (Å²) in [5, 5.41) is 8.69. The number of aryl methyl sites for hydroxylation is 2. The lowest BCUT2D eigenvalue weighted by Crippen LogP contribution is -2.47. The fourth-order valence-electron chi connectivity index (χ4n) is 2.62. The van der Waals surface area contributed by atoms with Crippen LogP contribution < -0.4 is 5.32 Å². The number of morpholine rings is 1. The topological polar surface area (TPSA) is 67.6 Å².